The first-order valence-corrected chi connectivity index (χ1v) is 19.3. The summed E-state index contributed by atoms with van der Waals surface area (Å²) in [5.74, 6) is -0.124. The molecule has 262 valence electrons. The summed E-state index contributed by atoms with van der Waals surface area (Å²) in [5, 5.41) is -0.00342. The van der Waals surface area contributed by atoms with Crippen LogP contribution in [0, 0.1) is 0 Å². The van der Waals surface area contributed by atoms with Crippen LogP contribution in [-0.4, -0.2) is 72.6 Å². The number of benzene rings is 2. The van der Waals surface area contributed by atoms with Crippen molar-refractivity contribution in [2.24, 2.45) is 9.98 Å². The number of carbonyl (C=O) groups excluding carboxylic acids is 2. The average molecular weight is 694 g/mol. The van der Waals surface area contributed by atoms with Crippen LogP contribution in [0.3, 0.4) is 0 Å². The minimum absolute atomic E-state index is 0.00342. The van der Waals surface area contributed by atoms with E-state index >= 15 is 0 Å². The standard InChI is InChI=1S/C36H45F2N5O5Si/c1-11-46-29(44)20-42-27-18-26(30-23(32(42)45)13-12-14-28(30)47-34(37)38)43-25-17-22(15-16-24(25)41-31(27)43)21(2)19-40-33(39-8)36(6,7)48-49(9,10)35(3,4)5/h12-17,19,26-27,34H,8,11,18,20H2,1-7,9-10H3/b21-19+,40-33-/t26-,27-/m1/s1. The van der Waals surface area contributed by atoms with Gasteiger partial charge in [0.2, 0.25) is 0 Å². The molecule has 0 N–H and O–H groups in total. The van der Waals surface area contributed by atoms with Gasteiger partial charge in [-0.1, -0.05) is 32.9 Å². The lowest BCUT2D eigenvalue weighted by molar-refractivity contribution is -0.144. The number of aliphatic imine (C=N–C) groups is 2. The Kier molecular flexibility index (Phi) is 9.74. The molecular formula is C36H45F2N5O5Si. The summed E-state index contributed by atoms with van der Waals surface area (Å²) in [7, 11) is -2.15. The summed E-state index contributed by atoms with van der Waals surface area (Å²) >= 11 is 0. The Morgan fingerprint density at radius 2 is 1.88 bits per heavy atom. The Balaban J connectivity index is 1.60. The predicted octanol–water partition coefficient (Wildman–Crippen LogP) is 7.95. The van der Waals surface area contributed by atoms with E-state index in [0.717, 1.165) is 16.7 Å². The van der Waals surface area contributed by atoms with E-state index in [1.807, 2.05) is 43.5 Å². The van der Waals surface area contributed by atoms with Gasteiger partial charge >= 0.3 is 12.6 Å². The Hall–Kier alpha value is -4.23. The second-order valence-corrected chi connectivity index (χ2v) is 19.2. The third-order valence-corrected chi connectivity index (χ3v) is 14.3. The molecule has 3 heterocycles. The Morgan fingerprint density at radius 3 is 2.51 bits per heavy atom. The molecular weight excluding hydrogens is 649 g/mol. The normalized spacial score (nSPS) is 18.4. The monoisotopic (exact) mass is 693 g/mol. The van der Waals surface area contributed by atoms with E-state index in [-0.39, 0.29) is 29.5 Å². The number of carbonyl (C=O) groups is 2. The molecule has 0 unspecified atom stereocenters. The fourth-order valence-electron chi connectivity index (χ4n) is 6.41. The maximum Gasteiger partial charge on any atom is 0.387 e. The zero-order chi connectivity index (χ0) is 36.1. The van der Waals surface area contributed by atoms with Crippen LogP contribution in [0.2, 0.25) is 18.1 Å². The van der Waals surface area contributed by atoms with Crippen molar-refractivity contribution in [1.82, 2.24) is 14.5 Å². The third-order valence-electron chi connectivity index (χ3n) is 9.70. The van der Waals surface area contributed by atoms with Crippen LogP contribution in [0.4, 0.5) is 8.78 Å². The Labute approximate surface area is 287 Å². The van der Waals surface area contributed by atoms with Crippen LogP contribution >= 0.6 is 0 Å². The number of imidazole rings is 1. The number of amidine groups is 1. The second-order valence-electron chi connectivity index (χ2n) is 14.4. The first kappa shape index (κ1) is 36.1. The van der Waals surface area contributed by atoms with Gasteiger partial charge in [-0.3, -0.25) is 9.59 Å². The number of ether oxygens (including phenoxy) is 2. The van der Waals surface area contributed by atoms with E-state index in [1.54, 1.807) is 19.2 Å². The summed E-state index contributed by atoms with van der Waals surface area (Å²) in [4.78, 5) is 41.9. The van der Waals surface area contributed by atoms with Gasteiger partial charge in [0.15, 0.2) is 14.2 Å². The lowest BCUT2D eigenvalue weighted by Crippen LogP contribution is -2.50. The predicted molar refractivity (Wildman–Crippen MR) is 189 cm³/mol. The summed E-state index contributed by atoms with van der Waals surface area (Å²) in [5.41, 5.74) is 2.82. The van der Waals surface area contributed by atoms with Gasteiger partial charge in [0, 0.05) is 23.7 Å². The molecule has 0 spiro atoms. The molecule has 0 fully saturated rings. The van der Waals surface area contributed by atoms with E-state index in [1.165, 1.54) is 17.0 Å². The second kappa shape index (κ2) is 13.2. The maximum atomic E-state index is 13.9. The van der Waals surface area contributed by atoms with Gasteiger partial charge < -0.3 is 23.4 Å². The fraction of sp³-hybridized carbons (Fsp3) is 0.472. The zero-order valence-corrected chi connectivity index (χ0v) is 30.6. The first-order valence-electron chi connectivity index (χ1n) is 16.4. The molecule has 0 radical (unpaired) electrons. The molecule has 5 rings (SSSR count). The molecule has 49 heavy (non-hydrogen) atoms. The SMILES string of the molecule is C=N/C(=N\C=C(/C)c1ccc2nc3n(c2c1)[C@@H]1C[C@H]3N(CC(=O)OCC)C(=O)c2cccc(OC(F)F)c21)C(C)(C)O[Si](C)(C)C(C)(C)C. The molecule has 1 aromatic heterocycles. The molecule has 10 nitrogen and oxygen atoms in total. The number of hydrogen-bond donors (Lipinski definition) is 0. The van der Waals surface area contributed by atoms with Gasteiger partial charge in [0.1, 0.15) is 23.7 Å². The zero-order valence-electron chi connectivity index (χ0n) is 29.6. The smallest absolute Gasteiger partial charge is 0.387 e. The van der Waals surface area contributed by atoms with Crippen molar-refractivity contribution in [3.05, 3.63) is 65.1 Å². The number of halogens is 2. The molecule has 1 amide bonds. The summed E-state index contributed by atoms with van der Waals surface area (Å²) in [6, 6.07) is 9.12. The number of aromatic nitrogens is 2. The highest BCUT2D eigenvalue weighted by molar-refractivity contribution is 6.74. The molecule has 2 bridgehead atoms. The number of esters is 1. The van der Waals surface area contributed by atoms with Crippen LogP contribution in [0.1, 0.15) is 94.3 Å². The summed E-state index contributed by atoms with van der Waals surface area (Å²) in [6.45, 7) is 18.9. The molecule has 0 aliphatic carbocycles. The van der Waals surface area contributed by atoms with E-state index in [0.29, 0.717) is 29.2 Å². The number of nitrogens with zero attached hydrogens (tertiary/aromatic N) is 5. The van der Waals surface area contributed by atoms with Crippen molar-refractivity contribution in [3.63, 3.8) is 0 Å². The average Bonchev–Trinajstić information content (AvgIpc) is 3.52. The van der Waals surface area contributed by atoms with Crippen LogP contribution in [0.15, 0.2) is 52.6 Å². The van der Waals surface area contributed by atoms with E-state index in [2.05, 4.69) is 45.6 Å². The molecule has 2 aromatic carbocycles. The Bertz CT molecular complexity index is 1860. The van der Waals surface area contributed by atoms with Gasteiger partial charge in [-0.05, 0) is 87.9 Å². The van der Waals surface area contributed by atoms with Gasteiger partial charge in [-0.25, -0.2) is 15.0 Å². The van der Waals surface area contributed by atoms with Crippen molar-refractivity contribution >= 4 is 49.4 Å². The van der Waals surface area contributed by atoms with Crippen LogP contribution in [0.25, 0.3) is 16.6 Å². The lowest BCUT2D eigenvalue weighted by Gasteiger charge is -2.42. The van der Waals surface area contributed by atoms with Crippen molar-refractivity contribution < 1.29 is 32.3 Å². The lowest BCUT2D eigenvalue weighted by atomic mass is 9.97. The van der Waals surface area contributed by atoms with E-state index in [9.17, 15) is 18.4 Å². The first-order chi connectivity index (χ1) is 22.9. The minimum Gasteiger partial charge on any atom is -0.465 e. The number of hydrogen-bond acceptors (Lipinski definition) is 7. The Morgan fingerprint density at radius 1 is 1.16 bits per heavy atom. The maximum absolute atomic E-state index is 13.9. The summed E-state index contributed by atoms with van der Waals surface area (Å²) < 4.78 is 46.0. The molecule has 3 aromatic rings. The third kappa shape index (κ3) is 6.83. The van der Waals surface area contributed by atoms with Crippen molar-refractivity contribution in [2.45, 2.75) is 97.3 Å². The van der Waals surface area contributed by atoms with Crippen molar-refractivity contribution in [1.29, 1.82) is 0 Å². The highest BCUT2D eigenvalue weighted by Crippen LogP contribution is 2.50. The van der Waals surface area contributed by atoms with Crippen molar-refractivity contribution in [2.75, 3.05) is 13.2 Å². The van der Waals surface area contributed by atoms with Gasteiger partial charge in [0.05, 0.1) is 29.7 Å². The van der Waals surface area contributed by atoms with Gasteiger partial charge in [-0.2, -0.15) is 8.78 Å². The van der Waals surface area contributed by atoms with E-state index in [4.69, 9.17) is 23.9 Å². The molecule has 2 atom stereocenters. The number of fused-ring (bicyclic) bond motifs is 9. The number of amides is 1. The topological polar surface area (TPSA) is 108 Å². The largest absolute Gasteiger partial charge is 0.465 e. The minimum atomic E-state index is -3.09. The van der Waals surface area contributed by atoms with Crippen LogP contribution in [-0.2, 0) is 14.0 Å². The van der Waals surface area contributed by atoms with Gasteiger partial charge in [-0.15, -0.1) is 0 Å². The summed E-state index contributed by atoms with van der Waals surface area (Å²) in [6.07, 6.45) is 2.05. The number of rotatable bonds is 10. The van der Waals surface area contributed by atoms with Crippen molar-refractivity contribution in [3.8, 4) is 5.75 Å². The van der Waals surface area contributed by atoms with Gasteiger partial charge in [0.25, 0.3) is 5.91 Å². The molecule has 0 saturated carbocycles. The molecule has 0 saturated heterocycles. The fourth-order valence-corrected chi connectivity index (χ4v) is 8.08. The molecule has 2 aliphatic heterocycles. The van der Waals surface area contributed by atoms with E-state index < -0.39 is 44.5 Å². The molecule has 13 heteroatoms. The number of allylic oxidation sites excluding steroid dienone is 1. The quantitative estimate of drug-likeness (QED) is 0.0924. The highest BCUT2D eigenvalue weighted by atomic mass is 28.4. The number of alkyl halides is 2. The van der Waals surface area contributed by atoms with Crippen LogP contribution < -0.4 is 4.74 Å². The highest BCUT2D eigenvalue weighted by Gasteiger charge is 2.47. The molecule has 2 aliphatic rings. The van der Waals surface area contributed by atoms with Crippen LogP contribution in [0.5, 0.6) is 5.75 Å².